The molecule has 66 valence electrons. The first kappa shape index (κ1) is 9.68. The molecular weight excluding hydrogens is 221 g/mol. The average Bonchev–Trinajstić information content (AvgIpc) is 2.08. The van der Waals surface area contributed by atoms with Gasteiger partial charge in [-0.3, -0.25) is 0 Å². The van der Waals surface area contributed by atoms with Crippen molar-refractivity contribution < 1.29 is 4.39 Å². The van der Waals surface area contributed by atoms with Crippen LogP contribution in [0, 0.1) is 6.92 Å². The number of halogens is 2. The number of hydrogen-bond acceptors (Lipinski definition) is 1. The van der Waals surface area contributed by atoms with Gasteiger partial charge in [-0.2, -0.15) is 0 Å². The Morgan fingerprint density at radius 1 is 1.58 bits per heavy atom. The Bertz CT molecular complexity index is 275. The fourth-order valence-electron chi connectivity index (χ4n) is 1.09. The summed E-state index contributed by atoms with van der Waals surface area (Å²) in [5.74, 6) is 0. The van der Waals surface area contributed by atoms with Gasteiger partial charge in [-0.05, 0) is 24.1 Å². The van der Waals surface area contributed by atoms with Gasteiger partial charge in [0.15, 0.2) is 0 Å². The molecule has 0 bridgehead atoms. The summed E-state index contributed by atoms with van der Waals surface area (Å²) in [6.07, 6.45) is -1.05. The normalized spacial score (nSPS) is 13.0. The van der Waals surface area contributed by atoms with Crippen LogP contribution in [0.15, 0.2) is 22.7 Å². The third kappa shape index (κ3) is 1.84. The number of benzene rings is 1. The lowest BCUT2D eigenvalue weighted by Gasteiger charge is -2.09. The Labute approximate surface area is 79.9 Å². The van der Waals surface area contributed by atoms with E-state index in [1.807, 2.05) is 19.1 Å². The van der Waals surface area contributed by atoms with Crippen LogP contribution in [0.25, 0.3) is 0 Å². The molecule has 0 saturated carbocycles. The first-order chi connectivity index (χ1) is 5.66. The maximum Gasteiger partial charge on any atom is 0.138 e. The Morgan fingerprint density at radius 3 is 2.83 bits per heavy atom. The lowest BCUT2D eigenvalue weighted by Crippen LogP contribution is -2.08. The maximum absolute atomic E-state index is 13.2. The minimum absolute atomic E-state index is 0.0390. The predicted molar refractivity (Wildman–Crippen MR) is 51.8 cm³/mol. The molecule has 2 N–H and O–H groups in total. The van der Waals surface area contributed by atoms with Gasteiger partial charge >= 0.3 is 0 Å². The zero-order chi connectivity index (χ0) is 9.14. The lowest BCUT2D eigenvalue weighted by atomic mass is 10.0. The third-order valence-electron chi connectivity index (χ3n) is 1.85. The van der Waals surface area contributed by atoms with E-state index < -0.39 is 6.17 Å². The third-order valence-corrected chi connectivity index (χ3v) is 2.71. The molecule has 0 aliphatic rings. The molecule has 0 heterocycles. The van der Waals surface area contributed by atoms with E-state index >= 15 is 0 Å². The SMILES string of the molecule is Cc1c(Br)cccc1C(F)CN. The molecule has 0 fully saturated rings. The quantitative estimate of drug-likeness (QED) is 0.833. The molecule has 0 aliphatic heterocycles. The molecule has 1 aromatic rings. The zero-order valence-electron chi connectivity index (χ0n) is 6.85. The van der Waals surface area contributed by atoms with Gasteiger partial charge in [-0.15, -0.1) is 0 Å². The van der Waals surface area contributed by atoms with Crippen molar-refractivity contribution in [1.82, 2.24) is 0 Å². The van der Waals surface area contributed by atoms with Crippen LogP contribution in [0.4, 0.5) is 4.39 Å². The van der Waals surface area contributed by atoms with E-state index in [2.05, 4.69) is 15.9 Å². The summed E-state index contributed by atoms with van der Waals surface area (Å²) in [4.78, 5) is 0. The maximum atomic E-state index is 13.2. The van der Waals surface area contributed by atoms with Crippen molar-refractivity contribution in [1.29, 1.82) is 0 Å². The van der Waals surface area contributed by atoms with E-state index in [4.69, 9.17) is 5.73 Å². The van der Waals surface area contributed by atoms with Crippen molar-refractivity contribution >= 4 is 15.9 Å². The molecule has 0 aliphatic carbocycles. The van der Waals surface area contributed by atoms with Crippen LogP contribution in [0.2, 0.25) is 0 Å². The molecule has 0 radical (unpaired) electrons. The molecule has 0 amide bonds. The minimum atomic E-state index is -1.05. The van der Waals surface area contributed by atoms with Crippen LogP contribution in [-0.4, -0.2) is 6.54 Å². The number of alkyl halides is 1. The Hall–Kier alpha value is -0.410. The highest BCUT2D eigenvalue weighted by Crippen LogP contribution is 2.25. The predicted octanol–water partition coefficient (Wildman–Crippen LogP) is 2.73. The second kappa shape index (κ2) is 4.01. The van der Waals surface area contributed by atoms with Crippen molar-refractivity contribution in [2.24, 2.45) is 5.73 Å². The number of nitrogens with two attached hydrogens (primary N) is 1. The van der Waals surface area contributed by atoms with E-state index in [0.29, 0.717) is 5.56 Å². The van der Waals surface area contributed by atoms with E-state index in [-0.39, 0.29) is 6.54 Å². The van der Waals surface area contributed by atoms with E-state index in [1.165, 1.54) is 0 Å². The summed E-state index contributed by atoms with van der Waals surface area (Å²) in [5.41, 5.74) is 6.83. The van der Waals surface area contributed by atoms with Crippen LogP contribution in [0.5, 0.6) is 0 Å². The fraction of sp³-hybridized carbons (Fsp3) is 0.333. The minimum Gasteiger partial charge on any atom is -0.327 e. The van der Waals surface area contributed by atoms with E-state index in [9.17, 15) is 4.39 Å². The number of rotatable bonds is 2. The van der Waals surface area contributed by atoms with E-state index in [1.54, 1.807) is 6.07 Å². The molecule has 0 aromatic heterocycles. The van der Waals surface area contributed by atoms with E-state index in [0.717, 1.165) is 10.0 Å². The molecule has 0 spiro atoms. The molecule has 1 atom stereocenters. The summed E-state index contributed by atoms with van der Waals surface area (Å²) in [6, 6.07) is 5.47. The standard InChI is InChI=1S/C9H11BrFN/c1-6-7(9(11)5-12)3-2-4-8(6)10/h2-4,9H,5,12H2,1H3. The molecule has 12 heavy (non-hydrogen) atoms. The van der Waals surface area contributed by atoms with Gasteiger partial charge in [-0.1, -0.05) is 28.1 Å². The van der Waals surface area contributed by atoms with Crippen LogP contribution in [-0.2, 0) is 0 Å². The topological polar surface area (TPSA) is 26.0 Å². The van der Waals surface area contributed by atoms with Crippen molar-refractivity contribution in [3.63, 3.8) is 0 Å². The largest absolute Gasteiger partial charge is 0.327 e. The Kier molecular flexibility index (Phi) is 3.23. The highest BCUT2D eigenvalue weighted by molar-refractivity contribution is 9.10. The molecule has 1 aromatic carbocycles. The lowest BCUT2D eigenvalue weighted by molar-refractivity contribution is 0.351. The molecule has 1 rings (SSSR count). The van der Waals surface area contributed by atoms with Crippen molar-refractivity contribution in [3.05, 3.63) is 33.8 Å². The van der Waals surface area contributed by atoms with Crippen molar-refractivity contribution in [2.45, 2.75) is 13.1 Å². The molecule has 1 nitrogen and oxygen atoms in total. The summed E-state index contributed by atoms with van der Waals surface area (Å²) < 4.78 is 14.1. The van der Waals surface area contributed by atoms with Gasteiger partial charge in [0.2, 0.25) is 0 Å². The summed E-state index contributed by atoms with van der Waals surface area (Å²) in [7, 11) is 0. The van der Waals surface area contributed by atoms with Crippen molar-refractivity contribution in [2.75, 3.05) is 6.54 Å². The highest BCUT2D eigenvalue weighted by Gasteiger charge is 2.10. The van der Waals surface area contributed by atoms with Gasteiger partial charge in [0.05, 0.1) is 0 Å². The van der Waals surface area contributed by atoms with Gasteiger partial charge in [-0.25, -0.2) is 4.39 Å². The molecule has 1 unspecified atom stereocenters. The highest BCUT2D eigenvalue weighted by atomic mass is 79.9. The first-order valence-electron chi connectivity index (χ1n) is 3.76. The first-order valence-corrected chi connectivity index (χ1v) is 4.55. The van der Waals surface area contributed by atoms with Crippen molar-refractivity contribution in [3.8, 4) is 0 Å². The number of hydrogen-bond donors (Lipinski definition) is 1. The molecule has 3 heteroatoms. The monoisotopic (exact) mass is 231 g/mol. The van der Waals surface area contributed by atoms with Crippen LogP contribution < -0.4 is 5.73 Å². The van der Waals surface area contributed by atoms with Crippen LogP contribution in [0.3, 0.4) is 0 Å². The summed E-state index contributed by atoms with van der Waals surface area (Å²) in [5, 5.41) is 0. The van der Waals surface area contributed by atoms with Crippen LogP contribution in [0.1, 0.15) is 17.3 Å². The summed E-state index contributed by atoms with van der Waals surface area (Å²) >= 11 is 3.34. The van der Waals surface area contributed by atoms with Gasteiger partial charge in [0, 0.05) is 11.0 Å². The zero-order valence-corrected chi connectivity index (χ0v) is 8.44. The second-order valence-corrected chi connectivity index (χ2v) is 3.51. The second-order valence-electron chi connectivity index (χ2n) is 2.66. The molecular formula is C9H11BrFN. The van der Waals surface area contributed by atoms with Gasteiger partial charge in [0.1, 0.15) is 6.17 Å². The van der Waals surface area contributed by atoms with Crippen LogP contribution >= 0.6 is 15.9 Å². The Balaban J connectivity index is 3.07. The summed E-state index contributed by atoms with van der Waals surface area (Å²) in [6.45, 7) is 1.92. The van der Waals surface area contributed by atoms with Gasteiger partial charge in [0.25, 0.3) is 0 Å². The Morgan fingerprint density at radius 2 is 2.25 bits per heavy atom. The smallest absolute Gasteiger partial charge is 0.138 e. The van der Waals surface area contributed by atoms with Gasteiger partial charge < -0.3 is 5.73 Å². The molecule has 0 saturated heterocycles. The average molecular weight is 232 g/mol. The fourth-order valence-corrected chi connectivity index (χ4v) is 1.47.